The number of halogens is 1. The van der Waals surface area contributed by atoms with Gasteiger partial charge in [-0.05, 0) is 12.1 Å². The highest BCUT2D eigenvalue weighted by Crippen LogP contribution is 2.47. The summed E-state index contributed by atoms with van der Waals surface area (Å²) in [5, 5.41) is 57.7. The number of carbonyl (C=O) groups excluding carboxylic acids is 3. The highest BCUT2D eigenvalue weighted by molar-refractivity contribution is 6.15. The molecular formula is C25H28B2FN3O10. The number of morpholine rings is 1. The molecule has 2 aromatic carbocycles. The lowest BCUT2D eigenvalue weighted by Crippen LogP contribution is -2.67. The van der Waals surface area contributed by atoms with Crippen molar-refractivity contribution in [1.82, 2.24) is 15.1 Å². The number of imide groups is 1. The monoisotopic (exact) mass is 571 g/mol. The molecule has 3 unspecified atom stereocenters. The van der Waals surface area contributed by atoms with Gasteiger partial charge >= 0.3 is 0 Å². The number of piperidine rings is 1. The fourth-order valence-corrected chi connectivity index (χ4v) is 5.54. The standard InChI is InChI=1S/C25H28B2FN3O10/c26-23(36,30-9-11-40-12-10-30)14-4-2-5-15(19(14)28)24(27,37)41-16-6-1-3-13-18(16)25(38,39)31(20(13)33)22(35)8-7-17(32)29-21(22)34/h1-6,35-39H,7-12,26-27H2,(H,29,32,34). The smallest absolute Gasteiger partial charge is 0.284 e. The molecule has 0 radical (unpaired) electrons. The first kappa shape index (κ1) is 29.1. The zero-order valence-corrected chi connectivity index (χ0v) is 22.3. The molecule has 6 N–H and O–H groups in total. The molecule has 3 amide bonds. The lowest BCUT2D eigenvalue weighted by Gasteiger charge is -2.42. The van der Waals surface area contributed by atoms with Gasteiger partial charge in [-0.3, -0.25) is 24.6 Å². The van der Waals surface area contributed by atoms with Crippen LogP contribution < -0.4 is 10.1 Å². The van der Waals surface area contributed by atoms with Crippen LogP contribution in [0.25, 0.3) is 0 Å². The summed E-state index contributed by atoms with van der Waals surface area (Å²) >= 11 is 0. The number of nitrogens with zero attached hydrogens (tertiary/aromatic N) is 2. The molecule has 0 saturated carbocycles. The van der Waals surface area contributed by atoms with Crippen LogP contribution in [-0.4, -0.2) is 101 Å². The summed E-state index contributed by atoms with van der Waals surface area (Å²) in [4.78, 5) is 39.1. The summed E-state index contributed by atoms with van der Waals surface area (Å²) in [7, 11) is 2.49. The van der Waals surface area contributed by atoms with E-state index in [4.69, 9.17) is 9.47 Å². The highest BCUT2D eigenvalue weighted by atomic mass is 19.1. The van der Waals surface area contributed by atoms with Gasteiger partial charge in [-0.2, -0.15) is 0 Å². The van der Waals surface area contributed by atoms with Gasteiger partial charge in [0.25, 0.3) is 17.7 Å². The van der Waals surface area contributed by atoms with E-state index in [1.165, 1.54) is 44.2 Å². The Balaban J connectivity index is 1.51. The van der Waals surface area contributed by atoms with Crippen LogP contribution in [0.4, 0.5) is 4.39 Å². The molecule has 2 saturated heterocycles. The Bertz CT molecular complexity index is 1430. The average Bonchev–Trinajstić information content (AvgIpc) is 3.12. The number of rotatable bonds is 6. The molecule has 0 spiro atoms. The largest absolute Gasteiger partial charge is 0.467 e. The molecule has 3 atom stereocenters. The minimum atomic E-state index is -3.34. The number of carbonyl (C=O) groups is 3. The maximum absolute atomic E-state index is 15.9. The first-order valence-electron chi connectivity index (χ1n) is 12.9. The van der Waals surface area contributed by atoms with Crippen molar-refractivity contribution in [2.45, 2.75) is 35.8 Å². The Morgan fingerprint density at radius 2 is 1.63 bits per heavy atom. The number of aliphatic hydroxyl groups is 5. The van der Waals surface area contributed by atoms with Gasteiger partial charge in [-0.15, -0.1) is 0 Å². The van der Waals surface area contributed by atoms with Gasteiger partial charge in [-0.1, -0.05) is 24.3 Å². The number of amides is 3. The predicted molar refractivity (Wildman–Crippen MR) is 140 cm³/mol. The molecule has 2 fully saturated rings. The SMILES string of the molecule is BC(O)(Oc1cccc2c1C(O)(O)N(C1(O)CCC(=O)NC1=O)C2=O)c1cccc(C(B)(O)N2CCOCC2)c1F. The third kappa shape index (κ3) is 4.61. The number of fused-ring (bicyclic) bond motifs is 1. The Morgan fingerprint density at radius 1 is 1.00 bits per heavy atom. The van der Waals surface area contributed by atoms with Gasteiger partial charge < -0.3 is 35.0 Å². The molecule has 216 valence electrons. The number of hydrogen-bond acceptors (Lipinski definition) is 11. The topological polar surface area (TPSA) is 189 Å². The van der Waals surface area contributed by atoms with Crippen LogP contribution in [0.3, 0.4) is 0 Å². The number of ether oxygens (including phenoxy) is 2. The van der Waals surface area contributed by atoms with E-state index in [2.05, 4.69) is 0 Å². The van der Waals surface area contributed by atoms with Crippen LogP contribution in [-0.2, 0) is 31.5 Å². The summed E-state index contributed by atoms with van der Waals surface area (Å²) in [6.07, 6.45) is -1.00. The van der Waals surface area contributed by atoms with Crippen molar-refractivity contribution in [3.8, 4) is 5.75 Å². The van der Waals surface area contributed by atoms with Crippen LogP contribution in [0, 0.1) is 5.82 Å². The molecule has 3 aliphatic rings. The van der Waals surface area contributed by atoms with Crippen molar-refractivity contribution in [3.63, 3.8) is 0 Å². The second-order valence-corrected chi connectivity index (χ2v) is 10.5. The summed E-state index contributed by atoms with van der Waals surface area (Å²) in [6, 6.07) is 7.61. The van der Waals surface area contributed by atoms with Gasteiger partial charge in [0, 0.05) is 37.1 Å². The number of nitrogens with one attached hydrogen (secondary N) is 1. The summed E-state index contributed by atoms with van der Waals surface area (Å²) in [5.41, 5.74) is -8.64. The van der Waals surface area contributed by atoms with Crippen LogP contribution in [0.15, 0.2) is 36.4 Å². The van der Waals surface area contributed by atoms with Gasteiger partial charge in [0.15, 0.2) is 13.5 Å². The molecule has 0 aliphatic carbocycles. The zero-order valence-electron chi connectivity index (χ0n) is 22.3. The normalized spacial score (nSPS) is 25.7. The summed E-state index contributed by atoms with van der Waals surface area (Å²) in [6.45, 7) is 1.34. The molecule has 5 rings (SSSR count). The van der Waals surface area contributed by atoms with Crippen molar-refractivity contribution >= 4 is 33.4 Å². The van der Waals surface area contributed by atoms with Crippen molar-refractivity contribution in [2.75, 3.05) is 26.3 Å². The third-order valence-corrected chi connectivity index (χ3v) is 7.74. The Hall–Kier alpha value is -3.37. The van der Waals surface area contributed by atoms with E-state index < -0.39 is 69.8 Å². The molecule has 0 aromatic heterocycles. The minimum Gasteiger partial charge on any atom is -0.467 e. The quantitative estimate of drug-likeness (QED) is 0.114. The van der Waals surface area contributed by atoms with Gasteiger partial charge in [0.1, 0.15) is 17.2 Å². The lowest BCUT2D eigenvalue weighted by molar-refractivity contribution is -0.304. The van der Waals surface area contributed by atoms with Gasteiger partial charge in [0.2, 0.25) is 19.5 Å². The van der Waals surface area contributed by atoms with Gasteiger partial charge in [0.05, 0.1) is 24.3 Å². The van der Waals surface area contributed by atoms with E-state index in [0.717, 1.165) is 7.85 Å². The first-order valence-corrected chi connectivity index (χ1v) is 12.9. The molecule has 3 heterocycles. The first-order chi connectivity index (χ1) is 19.1. The van der Waals surface area contributed by atoms with Crippen LogP contribution >= 0.6 is 0 Å². The van der Waals surface area contributed by atoms with Crippen LogP contribution in [0.2, 0.25) is 0 Å². The molecule has 13 nitrogen and oxygen atoms in total. The van der Waals surface area contributed by atoms with E-state index in [0.29, 0.717) is 26.3 Å². The summed E-state index contributed by atoms with van der Waals surface area (Å²) < 4.78 is 26.9. The molecule has 16 heteroatoms. The molecule has 41 heavy (non-hydrogen) atoms. The van der Waals surface area contributed by atoms with Crippen LogP contribution in [0.5, 0.6) is 5.75 Å². The maximum Gasteiger partial charge on any atom is 0.284 e. The van der Waals surface area contributed by atoms with Crippen molar-refractivity contribution in [2.24, 2.45) is 0 Å². The lowest BCUT2D eigenvalue weighted by atomic mass is 9.78. The van der Waals surface area contributed by atoms with Crippen LogP contribution in [0.1, 0.15) is 39.9 Å². The fraction of sp³-hybridized carbons (Fsp3) is 0.400. The third-order valence-electron chi connectivity index (χ3n) is 7.74. The number of benzene rings is 2. The van der Waals surface area contributed by atoms with Crippen molar-refractivity contribution in [1.29, 1.82) is 0 Å². The fourth-order valence-electron chi connectivity index (χ4n) is 5.54. The second-order valence-electron chi connectivity index (χ2n) is 10.5. The average molecular weight is 571 g/mol. The number of hydrogen-bond donors (Lipinski definition) is 6. The van der Waals surface area contributed by atoms with E-state index >= 15 is 4.39 Å². The summed E-state index contributed by atoms with van der Waals surface area (Å²) in [5.74, 6) is -8.03. The molecule has 0 bridgehead atoms. The Labute approximate surface area is 234 Å². The van der Waals surface area contributed by atoms with Crippen molar-refractivity contribution < 1.29 is 53.8 Å². The highest BCUT2D eigenvalue weighted by Gasteiger charge is 2.62. The molecular weight excluding hydrogens is 543 g/mol. The van der Waals surface area contributed by atoms with E-state index in [9.17, 15) is 39.9 Å². The van der Waals surface area contributed by atoms with E-state index in [1.54, 1.807) is 4.90 Å². The minimum absolute atomic E-state index is 0.120. The van der Waals surface area contributed by atoms with Crippen molar-refractivity contribution in [3.05, 3.63) is 64.5 Å². The van der Waals surface area contributed by atoms with E-state index in [-0.39, 0.29) is 22.4 Å². The second kappa shape index (κ2) is 9.87. The maximum atomic E-state index is 15.9. The Kier molecular flexibility index (Phi) is 7.02. The zero-order chi connectivity index (χ0) is 30.0. The van der Waals surface area contributed by atoms with E-state index in [1.807, 2.05) is 5.32 Å². The Morgan fingerprint density at radius 3 is 2.29 bits per heavy atom. The predicted octanol–water partition coefficient (Wildman–Crippen LogP) is -3.62. The molecule has 3 aliphatic heterocycles. The molecule has 2 aromatic rings. The van der Waals surface area contributed by atoms with Gasteiger partial charge in [-0.25, -0.2) is 9.29 Å².